The second-order valence-electron chi connectivity index (χ2n) is 4.51. The molecule has 0 amide bonds. The van der Waals surface area contributed by atoms with E-state index in [1.54, 1.807) is 9.13 Å². The van der Waals surface area contributed by atoms with Crippen molar-refractivity contribution in [3.63, 3.8) is 0 Å². The van der Waals surface area contributed by atoms with E-state index in [0.29, 0.717) is 6.54 Å². The summed E-state index contributed by atoms with van der Waals surface area (Å²) in [6.07, 6.45) is 5.58. The molecule has 0 bridgehead atoms. The summed E-state index contributed by atoms with van der Waals surface area (Å²) in [5, 5.41) is 4.39. The molecule has 0 aliphatic heterocycles. The van der Waals surface area contributed by atoms with Gasteiger partial charge in [0, 0.05) is 26.0 Å². The molecule has 5 heteroatoms. The van der Waals surface area contributed by atoms with Gasteiger partial charge < -0.3 is 0 Å². The number of aromatic nitrogens is 4. The maximum absolute atomic E-state index is 12.0. The monoisotopic (exact) mass is 248 g/mol. The first-order valence-corrected chi connectivity index (χ1v) is 6.43. The molecule has 5 nitrogen and oxygen atoms in total. The van der Waals surface area contributed by atoms with Crippen LogP contribution in [0.1, 0.15) is 31.7 Å². The summed E-state index contributed by atoms with van der Waals surface area (Å²) in [6, 6.07) is 2.06. The number of rotatable bonds is 5. The Morgan fingerprint density at radius 2 is 1.94 bits per heavy atom. The second kappa shape index (κ2) is 5.25. The van der Waals surface area contributed by atoms with Crippen molar-refractivity contribution in [1.29, 1.82) is 0 Å². The summed E-state index contributed by atoms with van der Waals surface area (Å²) in [6.45, 7) is 5.50. The lowest BCUT2D eigenvalue weighted by Gasteiger charge is -2.02. The molecular formula is C13H20N4O. The SMILES string of the molecule is CCCn1ccn(Cc2cc(CC)nn2C)c1=O. The molecule has 2 aromatic rings. The zero-order valence-electron chi connectivity index (χ0n) is 11.3. The van der Waals surface area contributed by atoms with E-state index in [2.05, 4.69) is 25.0 Å². The van der Waals surface area contributed by atoms with E-state index >= 15 is 0 Å². The fourth-order valence-corrected chi connectivity index (χ4v) is 2.05. The van der Waals surface area contributed by atoms with E-state index < -0.39 is 0 Å². The lowest BCUT2D eigenvalue weighted by molar-refractivity contribution is 0.604. The predicted molar refractivity (Wildman–Crippen MR) is 70.7 cm³/mol. The van der Waals surface area contributed by atoms with Crippen molar-refractivity contribution in [3.8, 4) is 0 Å². The highest BCUT2D eigenvalue weighted by atomic mass is 16.1. The van der Waals surface area contributed by atoms with Gasteiger partial charge in [-0.05, 0) is 18.9 Å². The normalized spacial score (nSPS) is 11.1. The molecule has 0 fully saturated rings. The Bertz CT molecular complexity index is 576. The molecule has 2 rings (SSSR count). The Balaban J connectivity index is 2.23. The molecule has 2 heterocycles. The molecule has 0 aliphatic carbocycles. The highest BCUT2D eigenvalue weighted by Crippen LogP contribution is 2.05. The molecule has 2 aromatic heterocycles. The molecule has 0 atom stereocenters. The highest BCUT2D eigenvalue weighted by Gasteiger charge is 2.07. The Labute approximate surface area is 107 Å². The average Bonchev–Trinajstić information content (AvgIpc) is 2.88. The summed E-state index contributed by atoms with van der Waals surface area (Å²) >= 11 is 0. The molecule has 0 unspecified atom stereocenters. The van der Waals surface area contributed by atoms with Crippen LogP contribution in [0.25, 0.3) is 0 Å². The molecule has 0 saturated heterocycles. The van der Waals surface area contributed by atoms with Crippen molar-refractivity contribution in [2.24, 2.45) is 7.05 Å². The van der Waals surface area contributed by atoms with Crippen LogP contribution in [0, 0.1) is 0 Å². The lowest BCUT2D eigenvalue weighted by atomic mass is 10.3. The van der Waals surface area contributed by atoms with Crippen LogP contribution in [0.3, 0.4) is 0 Å². The summed E-state index contributed by atoms with van der Waals surface area (Å²) in [7, 11) is 1.92. The van der Waals surface area contributed by atoms with Crippen LogP contribution in [0.15, 0.2) is 23.3 Å². The fraction of sp³-hybridized carbons (Fsp3) is 0.538. The van der Waals surface area contributed by atoms with Crippen LogP contribution in [0.2, 0.25) is 0 Å². The van der Waals surface area contributed by atoms with Crippen LogP contribution < -0.4 is 5.69 Å². The first-order valence-electron chi connectivity index (χ1n) is 6.43. The molecule has 0 spiro atoms. The largest absolute Gasteiger partial charge is 0.328 e. The average molecular weight is 248 g/mol. The van der Waals surface area contributed by atoms with Crippen LogP contribution in [-0.2, 0) is 26.6 Å². The van der Waals surface area contributed by atoms with Crippen molar-refractivity contribution in [2.45, 2.75) is 39.8 Å². The van der Waals surface area contributed by atoms with Crippen molar-refractivity contribution >= 4 is 0 Å². The van der Waals surface area contributed by atoms with E-state index in [0.717, 1.165) is 30.8 Å². The van der Waals surface area contributed by atoms with E-state index in [4.69, 9.17) is 0 Å². The van der Waals surface area contributed by atoms with Gasteiger partial charge in [0.15, 0.2) is 0 Å². The number of nitrogens with zero attached hydrogens (tertiary/aromatic N) is 4. The summed E-state index contributed by atoms with van der Waals surface area (Å²) in [5.74, 6) is 0. The number of hydrogen-bond acceptors (Lipinski definition) is 2. The van der Waals surface area contributed by atoms with Gasteiger partial charge in [0.1, 0.15) is 0 Å². The molecule has 98 valence electrons. The minimum absolute atomic E-state index is 0.0519. The van der Waals surface area contributed by atoms with Gasteiger partial charge in [-0.15, -0.1) is 0 Å². The minimum Gasteiger partial charge on any atom is -0.299 e. The number of hydrogen-bond donors (Lipinski definition) is 0. The lowest BCUT2D eigenvalue weighted by Crippen LogP contribution is -2.25. The maximum Gasteiger partial charge on any atom is 0.328 e. The standard InChI is InChI=1S/C13H20N4O/c1-4-6-16-7-8-17(13(16)18)10-12-9-11(5-2)14-15(12)3/h7-9H,4-6,10H2,1-3H3. The zero-order chi connectivity index (χ0) is 13.1. The van der Waals surface area contributed by atoms with Gasteiger partial charge in [-0.3, -0.25) is 13.8 Å². The van der Waals surface area contributed by atoms with Crippen LogP contribution >= 0.6 is 0 Å². The van der Waals surface area contributed by atoms with Crippen molar-refractivity contribution in [2.75, 3.05) is 0 Å². The number of imidazole rings is 1. The second-order valence-corrected chi connectivity index (χ2v) is 4.51. The van der Waals surface area contributed by atoms with Gasteiger partial charge in [0.25, 0.3) is 0 Å². The Morgan fingerprint density at radius 1 is 1.22 bits per heavy atom. The van der Waals surface area contributed by atoms with Gasteiger partial charge in [0.2, 0.25) is 0 Å². The van der Waals surface area contributed by atoms with E-state index in [9.17, 15) is 4.79 Å². The Kier molecular flexibility index (Phi) is 3.69. The molecule has 0 aromatic carbocycles. The molecule has 0 saturated carbocycles. The smallest absolute Gasteiger partial charge is 0.299 e. The van der Waals surface area contributed by atoms with Gasteiger partial charge in [-0.2, -0.15) is 5.10 Å². The van der Waals surface area contributed by atoms with E-state index in [1.807, 2.05) is 24.1 Å². The van der Waals surface area contributed by atoms with Gasteiger partial charge in [-0.25, -0.2) is 4.79 Å². The molecule has 0 N–H and O–H groups in total. The molecule has 0 radical (unpaired) electrons. The third kappa shape index (κ3) is 2.39. The summed E-state index contributed by atoms with van der Waals surface area (Å²) in [4.78, 5) is 12.0. The van der Waals surface area contributed by atoms with E-state index in [-0.39, 0.29) is 5.69 Å². The molecule has 0 aliphatic rings. The van der Waals surface area contributed by atoms with Gasteiger partial charge in [-0.1, -0.05) is 13.8 Å². The van der Waals surface area contributed by atoms with Crippen molar-refractivity contribution in [3.05, 3.63) is 40.3 Å². The zero-order valence-corrected chi connectivity index (χ0v) is 11.3. The summed E-state index contributed by atoms with van der Waals surface area (Å²) < 4.78 is 5.33. The highest BCUT2D eigenvalue weighted by molar-refractivity contribution is 5.10. The van der Waals surface area contributed by atoms with Gasteiger partial charge >= 0.3 is 5.69 Å². The summed E-state index contributed by atoms with van der Waals surface area (Å²) in [5.41, 5.74) is 2.17. The first kappa shape index (κ1) is 12.7. The Hall–Kier alpha value is -1.78. The first-order chi connectivity index (χ1) is 8.65. The predicted octanol–water partition coefficient (Wildman–Crippen LogP) is 1.40. The van der Waals surface area contributed by atoms with Crippen molar-refractivity contribution < 1.29 is 0 Å². The minimum atomic E-state index is 0.0519. The Morgan fingerprint density at radius 3 is 2.56 bits per heavy atom. The van der Waals surface area contributed by atoms with Crippen LogP contribution in [0.4, 0.5) is 0 Å². The van der Waals surface area contributed by atoms with Crippen LogP contribution in [0.5, 0.6) is 0 Å². The third-order valence-electron chi connectivity index (χ3n) is 3.10. The van der Waals surface area contributed by atoms with E-state index in [1.165, 1.54) is 0 Å². The molecular weight excluding hydrogens is 228 g/mol. The third-order valence-corrected chi connectivity index (χ3v) is 3.10. The van der Waals surface area contributed by atoms with Crippen molar-refractivity contribution in [1.82, 2.24) is 18.9 Å². The van der Waals surface area contributed by atoms with Crippen LogP contribution in [-0.4, -0.2) is 18.9 Å². The topological polar surface area (TPSA) is 44.8 Å². The van der Waals surface area contributed by atoms with Gasteiger partial charge in [0.05, 0.1) is 17.9 Å². The fourth-order valence-electron chi connectivity index (χ4n) is 2.05. The maximum atomic E-state index is 12.0. The quantitative estimate of drug-likeness (QED) is 0.803. The molecule has 18 heavy (non-hydrogen) atoms. The number of aryl methyl sites for hydroxylation is 3.